The number of halogens is 1. The molecular formula is C14H22BrNO2S. The number of nitrogens with one attached hydrogen (secondary N) is 1. The van der Waals surface area contributed by atoms with Gasteiger partial charge in [-0.25, -0.2) is 8.42 Å². The highest BCUT2D eigenvalue weighted by Gasteiger charge is 2.15. The molecule has 1 rings (SSSR count). The second-order valence-electron chi connectivity index (χ2n) is 4.86. The molecule has 0 aromatic heterocycles. The van der Waals surface area contributed by atoms with Crippen LogP contribution < -0.4 is 5.32 Å². The van der Waals surface area contributed by atoms with E-state index < -0.39 is 9.84 Å². The normalized spacial score (nSPS) is 13.5. The average molecular weight is 348 g/mol. The van der Waals surface area contributed by atoms with E-state index in [4.69, 9.17) is 0 Å². The number of hydrogen-bond donors (Lipinski definition) is 1. The fourth-order valence-corrected chi connectivity index (χ4v) is 3.33. The maximum Gasteiger partial charge on any atom is 0.147 e. The summed E-state index contributed by atoms with van der Waals surface area (Å²) in [5.74, 6) is 0.248. The van der Waals surface area contributed by atoms with Gasteiger partial charge in [-0.05, 0) is 37.4 Å². The molecule has 0 heterocycles. The largest absolute Gasteiger partial charge is 0.310 e. The first-order chi connectivity index (χ1) is 8.85. The van der Waals surface area contributed by atoms with Crippen LogP contribution >= 0.6 is 15.9 Å². The molecule has 108 valence electrons. The lowest BCUT2D eigenvalue weighted by Crippen LogP contribution is -2.22. The van der Waals surface area contributed by atoms with Crippen LogP contribution in [0, 0.1) is 6.92 Å². The molecule has 0 saturated carbocycles. The van der Waals surface area contributed by atoms with Gasteiger partial charge in [-0.15, -0.1) is 0 Å². The van der Waals surface area contributed by atoms with Gasteiger partial charge >= 0.3 is 0 Å². The quantitative estimate of drug-likeness (QED) is 0.823. The Morgan fingerprint density at radius 3 is 2.63 bits per heavy atom. The predicted octanol–water partition coefficient (Wildman–Crippen LogP) is 3.23. The van der Waals surface area contributed by atoms with Crippen molar-refractivity contribution in [1.82, 2.24) is 5.32 Å². The summed E-state index contributed by atoms with van der Waals surface area (Å²) in [5.41, 5.74) is 2.40. The first kappa shape index (κ1) is 16.7. The van der Waals surface area contributed by atoms with Crippen molar-refractivity contribution in [3.8, 4) is 0 Å². The van der Waals surface area contributed by atoms with Crippen LogP contribution in [0.5, 0.6) is 0 Å². The maximum absolute atomic E-state index is 11.2. The third-order valence-corrected chi connectivity index (χ3v) is 5.17. The van der Waals surface area contributed by atoms with Crippen molar-refractivity contribution in [1.29, 1.82) is 0 Å². The van der Waals surface area contributed by atoms with E-state index in [1.54, 1.807) is 0 Å². The predicted molar refractivity (Wildman–Crippen MR) is 84.2 cm³/mol. The summed E-state index contributed by atoms with van der Waals surface area (Å²) in [6.45, 7) is 4.99. The van der Waals surface area contributed by atoms with Gasteiger partial charge in [0.1, 0.15) is 9.84 Å². The standard InChI is InChI=1S/C14H22BrNO2S/c1-4-16-13(9-6-10-19(3,17)18)12-8-5-7-11(2)14(12)15/h5,7-8,13,16H,4,6,9-10H2,1-3H3. The van der Waals surface area contributed by atoms with Crippen molar-refractivity contribution in [3.05, 3.63) is 33.8 Å². The number of hydrogen-bond acceptors (Lipinski definition) is 3. The van der Waals surface area contributed by atoms with Gasteiger partial charge in [0.25, 0.3) is 0 Å². The molecule has 1 aromatic carbocycles. The molecule has 3 nitrogen and oxygen atoms in total. The van der Waals surface area contributed by atoms with E-state index in [0.29, 0.717) is 6.42 Å². The second-order valence-corrected chi connectivity index (χ2v) is 7.91. The van der Waals surface area contributed by atoms with Crippen molar-refractivity contribution in [3.63, 3.8) is 0 Å². The number of benzene rings is 1. The Labute approximate surface area is 124 Å². The molecule has 19 heavy (non-hydrogen) atoms. The highest BCUT2D eigenvalue weighted by molar-refractivity contribution is 9.10. The number of rotatable bonds is 7. The summed E-state index contributed by atoms with van der Waals surface area (Å²) >= 11 is 3.62. The Kier molecular flexibility index (Phi) is 6.50. The highest BCUT2D eigenvalue weighted by atomic mass is 79.9. The minimum absolute atomic E-state index is 0.195. The number of sulfone groups is 1. The zero-order valence-corrected chi connectivity index (χ0v) is 14.1. The topological polar surface area (TPSA) is 46.2 Å². The summed E-state index contributed by atoms with van der Waals surface area (Å²) < 4.78 is 23.5. The summed E-state index contributed by atoms with van der Waals surface area (Å²) in [5, 5.41) is 3.43. The molecule has 0 saturated heterocycles. The summed E-state index contributed by atoms with van der Waals surface area (Å²) in [4.78, 5) is 0. The van der Waals surface area contributed by atoms with Crippen molar-refractivity contribution in [2.75, 3.05) is 18.6 Å². The lowest BCUT2D eigenvalue weighted by molar-refractivity contribution is 0.505. The van der Waals surface area contributed by atoms with Gasteiger partial charge in [0.05, 0.1) is 0 Å². The van der Waals surface area contributed by atoms with Gasteiger partial charge in [0, 0.05) is 22.5 Å². The van der Waals surface area contributed by atoms with Crippen LogP contribution in [0.3, 0.4) is 0 Å². The molecule has 1 unspecified atom stereocenters. The van der Waals surface area contributed by atoms with Crippen molar-refractivity contribution >= 4 is 25.8 Å². The Morgan fingerprint density at radius 1 is 1.37 bits per heavy atom. The maximum atomic E-state index is 11.2. The molecular weight excluding hydrogens is 326 g/mol. The van der Waals surface area contributed by atoms with Gasteiger partial charge in [-0.1, -0.05) is 41.1 Å². The van der Waals surface area contributed by atoms with Gasteiger partial charge < -0.3 is 5.32 Å². The van der Waals surface area contributed by atoms with Crippen LogP contribution in [0.2, 0.25) is 0 Å². The van der Waals surface area contributed by atoms with Gasteiger partial charge in [0.2, 0.25) is 0 Å². The molecule has 1 atom stereocenters. The minimum atomic E-state index is -2.87. The fraction of sp³-hybridized carbons (Fsp3) is 0.571. The smallest absolute Gasteiger partial charge is 0.147 e. The number of aryl methyl sites for hydroxylation is 1. The van der Waals surface area contributed by atoms with Gasteiger partial charge in [-0.2, -0.15) is 0 Å². The van der Waals surface area contributed by atoms with Crippen LogP contribution in [0.1, 0.15) is 36.9 Å². The molecule has 0 fully saturated rings. The van der Waals surface area contributed by atoms with E-state index in [1.165, 1.54) is 17.4 Å². The van der Waals surface area contributed by atoms with Crippen molar-refractivity contribution in [2.24, 2.45) is 0 Å². The molecule has 0 amide bonds. The SMILES string of the molecule is CCNC(CCCS(C)(=O)=O)c1cccc(C)c1Br. The van der Waals surface area contributed by atoms with E-state index in [1.807, 2.05) is 6.07 Å². The van der Waals surface area contributed by atoms with Gasteiger partial charge in [0.15, 0.2) is 0 Å². The molecule has 1 N–H and O–H groups in total. The van der Waals surface area contributed by atoms with E-state index in [-0.39, 0.29) is 11.8 Å². The second kappa shape index (κ2) is 7.41. The van der Waals surface area contributed by atoms with E-state index >= 15 is 0 Å². The lowest BCUT2D eigenvalue weighted by atomic mass is 10.0. The van der Waals surface area contributed by atoms with E-state index in [9.17, 15) is 8.42 Å². The molecule has 0 radical (unpaired) electrons. The Morgan fingerprint density at radius 2 is 2.05 bits per heavy atom. The average Bonchev–Trinajstić information content (AvgIpc) is 2.30. The molecule has 0 bridgehead atoms. The van der Waals surface area contributed by atoms with E-state index in [2.05, 4.69) is 47.2 Å². The third kappa shape index (κ3) is 5.63. The minimum Gasteiger partial charge on any atom is -0.310 e. The zero-order valence-electron chi connectivity index (χ0n) is 11.7. The van der Waals surface area contributed by atoms with Crippen LogP contribution in [0.25, 0.3) is 0 Å². The van der Waals surface area contributed by atoms with E-state index in [0.717, 1.165) is 17.4 Å². The molecule has 0 spiro atoms. The van der Waals surface area contributed by atoms with Gasteiger partial charge in [-0.3, -0.25) is 0 Å². The Balaban J connectivity index is 2.79. The third-order valence-electron chi connectivity index (χ3n) is 3.06. The van der Waals surface area contributed by atoms with Crippen molar-refractivity contribution in [2.45, 2.75) is 32.7 Å². The Hall–Kier alpha value is -0.390. The summed E-state index contributed by atoms with van der Waals surface area (Å²) in [6.07, 6.45) is 2.79. The highest BCUT2D eigenvalue weighted by Crippen LogP contribution is 2.29. The summed E-state index contributed by atoms with van der Waals surface area (Å²) in [7, 11) is -2.87. The van der Waals surface area contributed by atoms with Crippen LogP contribution in [0.15, 0.2) is 22.7 Å². The summed E-state index contributed by atoms with van der Waals surface area (Å²) in [6, 6.07) is 6.38. The lowest BCUT2D eigenvalue weighted by Gasteiger charge is -2.20. The monoisotopic (exact) mass is 347 g/mol. The Bertz CT molecular complexity index is 514. The van der Waals surface area contributed by atoms with Crippen molar-refractivity contribution < 1.29 is 8.42 Å². The molecule has 1 aromatic rings. The van der Waals surface area contributed by atoms with Crippen LogP contribution in [-0.2, 0) is 9.84 Å². The fourth-order valence-electron chi connectivity index (χ4n) is 2.10. The molecule has 0 aliphatic heterocycles. The first-order valence-electron chi connectivity index (χ1n) is 6.51. The molecule has 0 aliphatic rings. The first-order valence-corrected chi connectivity index (χ1v) is 9.36. The van der Waals surface area contributed by atoms with Crippen LogP contribution in [-0.4, -0.2) is 27.0 Å². The zero-order chi connectivity index (χ0) is 14.5. The molecule has 0 aliphatic carbocycles. The molecule has 5 heteroatoms. The van der Waals surface area contributed by atoms with Crippen LogP contribution in [0.4, 0.5) is 0 Å².